The summed E-state index contributed by atoms with van der Waals surface area (Å²) < 4.78 is 0.724. The predicted octanol–water partition coefficient (Wildman–Crippen LogP) is 0.798. The van der Waals surface area contributed by atoms with Crippen molar-refractivity contribution >= 4 is 20.4 Å². The molecule has 2 unspecified atom stereocenters. The first-order valence-corrected chi connectivity index (χ1v) is 19.0. The predicted molar refractivity (Wildman–Crippen MR) is 124 cm³/mol. The van der Waals surface area contributed by atoms with Crippen molar-refractivity contribution in [2.24, 2.45) is 0 Å². The number of allylic oxidation sites excluding steroid dienone is 1. The van der Waals surface area contributed by atoms with Crippen LogP contribution >= 0.6 is 0 Å². The molecule has 155 valence electrons. The molecule has 0 saturated heterocycles. The van der Waals surface area contributed by atoms with Crippen molar-refractivity contribution in [2.45, 2.75) is 35.7 Å². The van der Waals surface area contributed by atoms with Crippen LogP contribution in [0.2, 0.25) is 26.2 Å². The van der Waals surface area contributed by atoms with Crippen LogP contribution < -0.4 is 24.8 Å². The van der Waals surface area contributed by atoms with E-state index >= 15 is 0 Å². The molecule has 0 nitrogen and oxygen atoms in total. The van der Waals surface area contributed by atoms with Gasteiger partial charge in [-0.05, 0) is 0 Å². The van der Waals surface area contributed by atoms with Crippen molar-refractivity contribution in [2.75, 3.05) is 0 Å². The summed E-state index contributed by atoms with van der Waals surface area (Å²) in [5.74, 6) is 0.382. The molecular formula is C26H25Cl2Si2Zr. The third kappa shape index (κ3) is 2.93. The van der Waals surface area contributed by atoms with Crippen LogP contribution in [-0.2, 0) is 24.7 Å². The van der Waals surface area contributed by atoms with Gasteiger partial charge in [0.2, 0.25) is 0 Å². The minimum atomic E-state index is -1.34. The van der Waals surface area contributed by atoms with Gasteiger partial charge < -0.3 is 24.8 Å². The molecule has 3 aliphatic rings. The normalized spacial score (nSPS) is 22.7. The van der Waals surface area contributed by atoms with Gasteiger partial charge in [0.1, 0.15) is 0 Å². The van der Waals surface area contributed by atoms with Crippen LogP contribution in [0.4, 0.5) is 0 Å². The van der Waals surface area contributed by atoms with Crippen molar-refractivity contribution in [1.29, 1.82) is 0 Å². The first-order chi connectivity index (χ1) is 13.9. The topological polar surface area (TPSA) is 0 Å². The number of halogens is 2. The SMILES string of the molecule is C[Si](C)(C)[Si]1(C)C2=C1[CH]([Zr+2])c1cccc(C3c4ccccc4-c4ccccc43)c12.[Cl-].[Cl-]. The van der Waals surface area contributed by atoms with Crippen molar-refractivity contribution < 1.29 is 49.5 Å². The van der Waals surface area contributed by atoms with Crippen molar-refractivity contribution in [3.63, 3.8) is 0 Å². The summed E-state index contributed by atoms with van der Waals surface area (Å²) >= 11 is 1.68. The Labute approximate surface area is 215 Å². The van der Waals surface area contributed by atoms with E-state index in [-0.39, 0.29) is 24.8 Å². The molecule has 0 spiro atoms. The number of rotatable bonds is 2. The Balaban J connectivity index is 0.00000116. The summed E-state index contributed by atoms with van der Waals surface area (Å²) in [5.41, 5.74) is 10.7. The molecule has 0 fully saturated rings. The van der Waals surface area contributed by atoms with Crippen LogP contribution in [-0.4, -0.2) is 15.2 Å². The van der Waals surface area contributed by atoms with E-state index in [2.05, 4.69) is 92.9 Å². The summed E-state index contributed by atoms with van der Waals surface area (Å²) in [4.78, 5) is 0. The van der Waals surface area contributed by atoms with E-state index in [0.29, 0.717) is 5.92 Å². The van der Waals surface area contributed by atoms with Gasteiger partial charge in [-0.2, -0.15) is 0 Å². The average Bonchev–Trinajstić information content (AvgIpc) is 3.05. The quantitative estimate of drug-likeness (QED) is 0.321. The summed E-state index contributed by atoms with van der Waals surface area (Å²) in [6, 6.07) is 25.4. The second-order valence-corrected chi connectivity index (χ2v) is 26.7. The van der Waals surface area contributed by atoms with E-state index in [4.69, 9.17) is 0 Å². The van der Waals surface area contributed by atoms with Crippen LogP contribution in [0, 0.1) is 0 Å². The van der Waals surface area contributed by atoms with Gasteiger partial charge in [0.05, 0.1) is 0 Å². The number of benzene rings is 3. The molecule has 31 heavy (non-hydrogen) atoms. The van der Waals surface area contributed by atoms with Gasteiger partial charge >= 0.3 is 192 Å². The van der Waals surface area contributed by atoms with Gasteiger partial charge in [0.15, 0.2) is 0 Å². The van der Waals surface area contributed by atoms with E-state index in [1.54, 1.807) is 41.4 Å². The van der Waals surface area contributed by atoms with Gasteiger partial charge in [-0.3, -0.25) is 0 Å². The molecule has 0 N–H and O–H groups in total. The fourth-order valence-electron chi connectivity index (χ4n) is 6.00. The van der Waals surface area contributed by atoms with E-state index in [1.165, 1.54) is 22.3 Å². The molecule has 3 aromatic carbocycles. The molecule has 0 radical (unpaired) electrons. The minimum absolute atomic E-state index is 0. The zero-order chi connectivity index (χ0) is 20.1. The maximum Gasteiger partial charge on any atom is -1.00 e. The summed E-state index contributed by atoms with van der Waals surface area (Å²) in [7, 11) is -2.52. The third-order valence-corrected chi connectivity index (χ3v) is 26.5. The summed E-state index contributed by atoms with van der Waals surface area (Å²) in [5, 5.41) is 3.79. The Morgan fingerprint density at radius 3 is 1.74 bits per heavy atom. The largest absolute Gasteiger partial charge is 1.00 e. The van der Waals surface area contributed by atoms with Crippen LogP contribution in [0.5, 0.6) is 0 Å². The molecular weight excluding hydrogens is 531 g/mol. The molecule has 2 aliphatic carbocycles. The van der Waals surface area contributed by atoms with E-state index < -0.39 is 15.2 Å². The van der Waals surface area contributed by atoms with Gasteiger partial charge in [-0.15, -0.1) is 0 Å². The Kier molecular flexibility index (Phi) is 5.80. The molecule has 0 aromatic heterocycles. The van der Waals surface area contributed by atoms with Crippen molar-refractivity contribution in [3.05, 3.63) is 99.7 Å². The Morgan fingerprint density at radius 2 is 1.19 bits per heavy atom. The zero-order valence-electron chi connectivity index (χ0n) is 18.3. The van der Waals surface area contributed by atoms with Gasteiger partial charge in [-0.1, -0.05) is 0 Å². The third-order valence-electron chi connectivity index (χ3n) is 7.87. The Hall–Kier alpha value is -0.703. The van der Waals surface area contributed by atoms with Gasteiger partial charge in [-0.25, -0.2) is 0 Å². The monoisotopic (exact) mass is 553 g/mol. The zero-order valence-corrected chi connectivity index (χ0v) is 24.2. The van der Waals surface area contributed by atoms with Crippen LogP contribution in [0.1, 0.15) is 37.4 Å². The molecule has 6 rings (SSSR count). The maximum atomic E-state index is 2.69. The van der Waals surface area contributed by atoms with Gasteiger partial charge in [0, 0.05) is 0 Å². The first kappa shape index (κ1) is 23.5. The molecule has 3 aromatic rings. The number of hydrogen-bond acceptors (Lipinski definition) is 0. The van der Waals surface area contributed by atoms with Crippen molar-refractivity contribution in [1.82, 2.24) is 0 Å². The van der Waals surface area contributed by atoms with E-state index in [1.807, 2.05) is 10.4 Å². The Morgan fingerprint density at radius 1 is 0.710 bits per heavy atom. The van der Waals surface area contributed by atoms with Crippen molar-refractivity contribution in [3.8, 4) is 11.1 Å². The second-order valence-electron chi connectivity index (χ2n) is 10.0. The number of fused-ring (bicyclic) bond motifs is 5. The molecule has 5 heteroatoms. The average molecular weight is 556 g/mol. The fraction of sp³-hybridized carbons (Fsp3) is 0.231. The van der Waals surface area contributed by atoms with Gasteiger partial charge in [0.25, 0.3) is 0 Å². The molecule has 2 atom stereocenters. The minimum Gasteiger partial charge on any atom is -1.00 e. The molecule has 0 amide bonds. The standard InChI is InChI=1S/C26H25Si2.2ClH.Zr/c1-27(2,3)28(4)23-16-17-10-9-15-22(24(17)26(23)28)25-20-13-7-5-11-18(20)19-12-6-8-14-21(19)25;;;/h5-16,25H,1-4H3;2*1H;/q;;;+2/p-2. The van der Waals surface area contributed by atoms with E-state index in [9.17, 15) is 0 Å². The molecule has 1 heterocycles. The molecule has 1 aliphatic heterocycles. The number of hydrogen-bond donors (Lipinski definition) is 0. The smallest absolute Gasteiger partial charge is 1.00 e. The van der Waals surface area contributed by atoms with Crippen LogP contribution in [0.15, 0.2) is 71.9 Å². The second kappa shape index (κ2) is 7.67. The van der Waals surface area contributed by atoms with Crippen LogP contribution in [0.25, 0.3) is 16.3 Å². The molecule has 0 saturated carbocycles. The first-order valence-electron chi connectivity index (χ1n) is 10.6. The maximum absolute atomic E-state index is 2.69. The summed E-state index contributed by atoms with van der Waals surface area (Å²) in [6.07, 6.45) is 0. The Bertz CT molecular complexity index is 1200. The molecule has 0 bridgehead atoms. The fourth-order valence-corrected chi connectivity index (χ4v) is 21.7. The van der Waals surface area contributed by atoms with E-state index in [0.717, 1.165) is 3.63 Å². The summed E-state index contributed by atoms with van der Waals surface area (Å²) in [6.45, 7) is 10.5. The van der Waals surface area contributed by atoms with Crippen LogP contribution in [0.3, 0.4) is 0 Å².